The van der Waals surface area contributed by atoms with Gasteiger partial charge in [0.2, 0.25) is 0 Å². The van der Waals surface area contributed by atoms with E-state index < -0.39 is 0 Å². The number of rotatable bonds is 1. The minimum Gasteiger partial charge on any atom is -0.214 e. The van der Waals surface area contributed by atoms with Crippen molar-refractivity contribution in [2.75, 3.05) is 0 Å². The second kappa shape index (κ2) is 8.73. The molecule has 0 aromatic heterocycles. The fraction of sp³-hybridized carbons (Fsp3) is 0.0769. The maximum Gasteiger partial charge on any atom is 2.00 e. The summed E-state index contributed by atoms with van der Waals surface area (Å²) in [6, 6.07) is 18.0. The topological polar surface area (TPSA) is 0 Å². The van der Waals surface area contributed by atoms with E-state index in [1.54, 1.807) is 0 Å². The van der Waals surface area contributed by atoms with Crippen molar-refractivity contribution in [3.63, 3.8) is 0 Å². The van der Waals surface area contributed by atoms with Gasteiger partial charge in [-0.15, -0.1) is 17.9 Å². The maximum absolute atomic E-state index is 5.07. The van der Waals surface area contributed by atoms with Crippen LogP contribution in [-0.4, -0.2) is 0 Å². The van der Waals surface area contributed by atoms with Crippen molar-refractivity contribution >= 4 is 0 Å². The second-order valence-corrected chi connectivity index (χ2v) is 2.64. The summed E-state index contributed by atoms with van der Waals surface area (Å²) in [5, 5.41) is 0. The molecule has 0 unspecified atom stereocenters. The Morgan fingerprint density at radius 2 is 1.64 bits per heavy atom. The summed E-state index contributed by atoms with van der Waals surface area (Å²) in [7, 11) is 0. The molecule has 1 heteroatoms. The standard InChI is InChI=1S/C8H7.C5H5.Zr/c1-2-5-8-6-3-4-7-8;1-2-4-5-3-1;/h1,3-4,6-7H,5H2;1-5H;/q2*-1;+2. The van der Waals surface area contributed by atoms with Crippen LogP contribution in [0.1, 0.15) is 5.56 Å². The molecular formula is C13H12Zr. The second-order valence-electron chi connectivity index (χ2n) is 2.64. The Morgan fingerprint density at radius 3 is 2.00 bits per heavy atom. The Hall–Kier alpha value is -0.857. The molecule has 0 spiro atoms. The molecule has 0 nitrogen and oxygen atoms in total. The van der Waals surface area contributed by atoms with E-state index in [2.05, 4.69) is 5.92 Å². The first-order chi connectivity index (χ1) is 6.43. The Morgan fingerprint density at radius 1 is 1.07 bits per heavy atom. The normalized spacial score (nSPS) is 7.64. The van der Waals surface area contributed by atoms with E-state index in [-0.39, 0.29) is 26.2 Å². The van der Waals surface area contributed by atoms with Crippen molar-refractivity contribution < 1.29 is 26.2 Å². The van der Waals surface area contributed by atoms with Crippen LogP contribution in [0.2, 0.25) is 0 Å². The summed E-state index contributed by atoms with van der Waals surface area (Å²) in [4.78, 5) is 0. The molecule has 0 radical (unpaired) electrons. The minimum absolute atomic E-state index is 0. The third kappa shape index (κ3) is 5.73. The molecule has 2 rings (SSSR count). The van der Waals surface area contributed by atoms with E-state index in [0.717, 1.165) is 6.42 Å². The van der Waals surface area contributed by atoms with Gasteiger partial charge in [0.1, 0.15) is 0 Å². The average Bonchev–Trinajstić information content (AvgIpc) is 2.79. The molecule has 68 valence electrons. The Labute approximate surface area is 105 Å². The molecule has 0 fully saturated rings. The molecule has 2 aromatic carbocycles. The van der Waals surface area contributed by atoms with Crippen LogP contribution in [0, 0.1) is 12.3 Å². The first-order valence-corrected chi connectivity index (χ1v) is 4.24. The van der Waals surface area contributed by atoms with E-state index in [1.807, 2.05) is 54.6 Å². The largest absolute Gasteiger partial charge is 2.00 e. The van der Waals surface area contributed by atoms with E-state index in [9.17, 15) is 0 Å². The Balaban J connectivity index is 0.000000246. The van der Waals surface area contributed by atoms with Crippen LogP contribution >= 0.6 is 0 Å². The molecule has 0 saturated heterocycles. The Kier molecular flexibility index (Phi) is 8.19. The van der Waals surface area contributed by atoms with Crippen molar-refractivity contribution in [2.24, 2.45) is 0 Å². The van der Waals surface area contributed by atoms with Crippen LogP contribution in [-0.2, 0) is 32.6 Å². The van der Waals surface area contributed by atoms with Gasteiger partial charge in [0.25, 0.3) is 0 Å². The first-order valence-electron chi connectivity index (χ1n) is 4.24. The molecule has 0 aliphatic heterocycles. The van der Waals surface area contributed by atoms with Crippen LogP contribution < -0.4 is 0 Å². The molecule has 0 aliphatic carbocycles. The predicted molar refractivity (Wildman–Crippen MR) is 56.6 cm³/mol. The summed E-state index contributed by atoms with van der Waals surface area (Å²) in [6.45, 7) is 0. The third-order valence-corrected chi connectivity index (χ3v) is 1.59. The van der Waals surface area contributed by atoms with Crippen molar-refractivity contribution in [1.82, 2.24) is 0 Å². The zero-order valence-corrected chi connectivity index (χ0v) is 10.4. The Bertz CT molecular complexity index is 304. The minimum atomic E-state index is 0. The van der Waals surface area contributed by atoms with Gasteiger partial charge in [-0.25, -0.2) is 24.3 Å². The molecule has 0 saturated carbocycles. The molecular weight excluding hydrogens is 247 g/mol. The monoisotopic (exact) mass is 258 g/mol. The van der Waals surface area contributed by atoms with Gasteiger partial charge in [-0.2, -0.15) is 30.3 Å². The molecule has 0 bridgehead atoms. The predicted octanol–water partition coefficient (Wildman–Crippen LogP) is 2.98. The maximum atomic E-state index is 5.07. The summed E-state index contributed by atoms with van der Waals surface area (Å²) in [5.41, 5.74) is 1.23. The van der Waals surface area contributed by atoms with E-state index in [1.165, 1.54) is 5.56 Å². The van der Waals surface area contributed by atoms with Crippen molar-refractivity contribution in [3.8, 4) is 12.3 Å². The van der Waals surface area contributed by atoms with Crippen LogP contribution in [0.25, 0.3) is 0 Å². The first kappa shape index (κ1) is 13.1. The molecule has 2 aromatic rings. The molecule has 0 N–H and O–H groups in total. The number of terminal acetylenes is 1. The van der Waals surface area contributed by atoms with E-state index in [0.29, 0.717) is 0 Å². The number of hydrogen-bond donors (Lipinski definition) is 0. The molecule has 0 heterocycles. The zero-order valence-electron chi connectivity index (χ0n) is 7.98. The van der Waals surface area contributed by atoms with Gasteiger partial charge in [-0.3, -0.25) is 0 Å². The summed E-state index contributed by atoms with van der Waals surface area (Å²) in [5.74, 6) is 2.57. The van der Waals surface area contributed by atoms with E-state index >= 15 is 0 Å². The van der Waals surface area contributed by atoms with Crippen molar-refractivity contribution in [1.29, 1.82) is 0 Å². The van der Waals surface area contributed by atoms with Crippen molar-refractivity contribution in [2.45, 2.75) is 6.42 Å². The van der Waals surface area contributed by atoms with Gasteiger partial charge in [-0.1, -0.05) is 0 Å². The zero-order chi connectivity index (χ0) is 9.36. The summed E-state index contributed by atoms with van der Waals surface area (Å²) < 4.78 is 0. The molecule has 14 heavy (non-hydrogen) atoms. The SMILES string of the molecule is C#CC[c-]1cccc1.[Zr+2].c1cc[cH-]c1. The van der Waals surface area contributed by atoms with Crippen LogP contribution in [0.15, 0.2) is 54.6 Å². The van der Waals surface area contributed by atoms with Gasteiger partial charge < -0.3 is 0 Å². The van der Waals surface area contributed by atoms with Gasteiger partial charge in [0, 0.05) is 0 Å². The van der Waals surface area contributed by atoms with Crippen LogP contribution in [0.4, 0.5) is 0 Å². The molecule has 0 atom stereocenters. The van der Waals surface area contributed by atoms with Gasteiger partial charge in [-0.05, 0) is 6.42 Å². The fourth-order valence-electron chi connectivity index (χ4n) is 0.970. The summed E-state index contributed by atoms with van der Waals surface area (Å²) >= 11 is 0. The van der Waals surface area contributed by atoms with Crippen LogP contribution in [0.5, 0.6) is 0 Å². The fourth-order valence-corrected chi connectivity index (χ4v) is 0.970. The quantitative estimate of drug-likeness (QED) is 0.545. The van der Waals surface area contributed by atoms with E-state index in [4.69, 9.17) is 6.42 Å². The third-order valence-electron chi connectivity index (χ3n) is 1.59. The molecule has 0 aliphatic rings. The molecule has 0 amide bonds. The number of hydrogen-bond acceptors (Lipinski definition) is 0. The van der Waals surface area contributed by atoms with Crippen LogP contribution in [0.3, 0.4) is 0 Å². The van der Waals surface area contributed by atoms with Gasteiger partial charge in [0.15, 0.2) is 0 Å². The average molecular weight is 259 g/mol. The smallest absolute Gasteiger partial charge is 0.214 e. The summed E-state index contributed by atoms with van der Waals surface area (Å²) in [6.07, 6.45) is 5.83. The van der Waals surface area contributed by atoms with Crippen molar-refractivity contribution in [3.05, 3.63) is 60.2 Å². The van der Waals surface area contributed by atoms with Gasteiger partial charge >= 0.3 is 26.2 Å². The van der Waals surface area contributed by atoms with Gasteiger partial charge in [0.05, 0.1) is 0 Å².